The fourth-order valence-electron chi connectivity index (χ4n) is 1.68. The molecule has 8 nitrogen and oxygen atoms in total. The molecule has 0 saturated carbocycles. The number of imide groups is 1. The van der Waals surface area contributed by atoms with E-state index in [1.54, 1.807) is 12.1 Å². The Morgan fingerprint density at radius 3 is 2.10 bits per heavy atom. The zero-order chi connectivity index (χ0) is 15.8. The van der Waals surface area contributed by atoms with Crippen LogP contribution in [0.2, 0.25) is 0 Å². The van der Waals surface area contributed by atoms with E-state index in [1.165, 1.54) is 19.2 Å². The quantitative estimate of drug-likeness (QED) is 0.703. The largest absolute Gasteiger partial charge is 0.348 e. The molecule has 112 valence electrons. The maximum atomic E-state index is 11.9. The Morgan fingerprint density at radius 1 is 1.19 bits per heavy atom. The van der Waals surface area contributed by atoms with Crippen LogP contribution in [-0.4, -0.2) is 55.4 Å². The number of rotatable bonds is 4. The Balaban J connectivity index is 2.10. The van der Waals surface area contributed by atoms with Crippen molar-refractivity contribution < 1.29 is 27.6 Å². The zero-order valence-electron chi connectivity index (χ0n) is 11.3. The molecule has 1 heterocycles. The molecule has 1 aromatic rings. The van der Waals surface area contributed by atoms with Gasteiger partial charge in [0.15, 0.2) is 0 Å². The molecular weight excluding hydrogens is 300 g/mol. The molecule has 1 aliphatic rings. The Morgan fingerprint density at radius 2 is 1.67 bits per heavy atom. The van der Waals surface area contributed by atoms with Crippen molar-refractivity contribution in [3.63, 3.8) is 0 Å². The highest BCUT2D eigenvalue weighted by Crippen LogP contribution is 2.22. The van der Waals surface area contributed by atoms with Crippen molar-refractivity contribution in [1.82, 2.24) is 9.37 Å². The molecular formula is C12H12N2O6S. The first-order chi connectivity index (χ1) is 9.71. The van der Waals surface area contributed by atoms with E-state index in [1.807, 2.05) is 0 Å². The van der Waals surface area contributed by atoms with Gasteiger partial charge in [0.1, 0.15) is 6.54 Å². The lowest BCUT2D eigenvalue weighted by atomic mass is 10.1. The van der Waals surface area contributed by atoms with Crippen molar-refractivity contribution in [2.24, 2.45) is 0 Å². The summed E-state index contributed by atoms with van der Waals surface area (Å²) in [4.78, 5) is 40.1. The molecule has 0 aliphatic carbocycles. The number of benzene rings is 1. The molecule has 0 fully saturated rings. The third-order valence-electron chi connectivity index (χ3n) is 2.87. The van der Waals surface area contributed by atoms with E-state index in [9.17, 15) is 22.8 Å². The number of carbonyl (C=O) groups is 3. The zero-order valence-corrected chi connectivity index (χ0v) is 12.1. The van der Waals surface area contributed by atoms with Crippen molar-refractivity contribution in [1.29, 1.82) is 0 Å². The third kappa shape index (κ3) is 2.93. The summed E-state index contributed by atoms with van der Waals surface area (Å²) in [5.74, 6) is -2.55. The smallest absolute Gasteiger partial charge is 0.328 e. The maximum Gasteiger partial charge on any atom is 0.348 e. The molecule has 0 radical (unpaired) electrons. The molecule has 0 N–H and O–H groups in total. The molecule has 2 rings (SSSR count). The number of nitrogens with zero attached hydrogens (tertiary/aromatic N) is 2. The number of carbonyl (C=O) groups excluding carboxylic acids is 3. The number of hydrogen-bond donors (Lipinski definition) is 0. The predicted molar refractivity (Wildman–Crippen MR) is 70.5 cm³/mol. The summed E-state index contributed by atoms with van der Waals surface area (Å²) in [7, 11) is -2.39. The Labute approximate surface area is 120 Å². The fourth-order valence-corrected chi connectivity index (χ4v) is 2.02. The molecule has 21 heavy (non-hydrogen) atoms. The first-order valence-corrected chi connectivity index (χ1v) is 7.66. The topological polar surface area (TPSA) is 101 Å². The fraction of sp³-hybridized carbons (Fsp3) is 0.250. The van der Waals surface area contributed by atoms with Crippen molar-refractivity contribution in [2.45, 2.75) is 0 Å². The van der Waals surface area contributed by atoms with E-state index >= 15 is 0 Å². The summed E-state index contributed by atoms with van der Waals surface area (Å²) in [5.41, 5.74) is 0.263. The number of hydrogen-bond acceptors (Lipinski definition) is 6. The van der Waals surface area contributed by atoms with Gasteiger partial charge in [0.2, 0.25) is 10.0 Å². The Bertz CT molecular complexity index is 692. The van der Waals surface area contributed by atoms with Crippen LogP contribution in [0.4, 0.5) is 0 Å². The number of sulfonamides is 1. The highest BCUT2D eigenvalue weighted by Gasteiger charge is 2.38. The molecule has 2 amide bonds. The van der Waals surface area contributed by atoms with E-state index in [-0.39, 0.29) is 11.1 Å². The van der Waals surface area contributed by atoms with Crippen LogP contribution in [0, 0.1) is 0 Å². The van der Waals surface area contributed by atoms with Crippen LogP contribution >= 0.6 is 0 Å². The van der Waals surface area contributed by atoms with Gasteiger partial charge in [0, 0.05) is 7.05 Å². The Kier molecular flexibility index (Phi) is 3.79. The van der Waals surface area contributed by atoms with Crippen LogP contribution in [0.15, 0.2) is 24.3 Å². The molecule has 0 unspecified atom stereocenters. The molecule has 1 aliphatic heterocycles. The minimum absolute atomic E-state index is 0.131. The van der Waals surface area contributed by atoms with E-state index in [0.717, 1.165) is 10.6 Å². The van der Waals surface area contributed by atoms with Crippen LogP contribution in [0.5, 0.6) is 0 Å². The van der Waals surface area contributed by atoms with Gasteiger partial charge in [-0.1, -0.05) is 17.2 Å². The van der Waals surface area contributed by atoms with E-state index < -0.39 is 34.4 Å². The lowest BCUT2D eigenvalue weighted by Crippen LogP contribution is -2.38. The average Bonchev–Trinajstić information content (AvgIpc) is 2.63. The minimum atomic E-state index is -3.57. The summed E-state index contributed by atoms with van der Waals surface area (Å²) in [5, 5.41) is 0.336. The summed E-state index contributed by atoms with van der Waals surface area (Å²) in [6.07, 6.45) is 0.919. The number of amides is 2. The predicted octanol–water partition coefficient (Wildman–Crippen LogP) is -0.368. The highest BCUT2D eigenvalue weighted by molar-refractivity contribution is 7.88. The van der Waals surface area contributed by atoms with Crippen molar-refractivity contribution in [3.05, 3.63) is 35.4 Å². The molecule has 0 spiro atoms. The SMILES string of the molecule is CN(CC(=O)ON1C(=O)c2ccccc2C1=O)S(C)(=O)=O. The second-order valence-electron chi connectivity index (χ2n) is 4.43. The van der Waals surface area contributed by atoms with Crippen LogP contribution < -0.4 is 0 Å². The van der Waals surface area contributed by atoms with Gasteiger partial charge in [0.05, 0.1) is 17.4 Å². The lowest BCUT2D eigenvalue weighted by molar-refractivity contribution is -0.168. The van der Waals surface area contributed by atoms with Crippen molar-refractivity contribution >= 4 is 27.8 Å². The van der Waals surface area contributed by atoms with Crippen LogP contribution in [0.25, 0.3) is 0 Å². The van der Waals surface area contributed by atoms with Crippen LogP contribution in [0.1, 0.15) is 20.7 Å². The number of likely N-dealkylation sites (N-methyl/N-ethyl adjacent to an activating group) is 1. The summed E-state index contributed by atoms with van der Waals surface area (Å²) >= 11 is 0. The van der Waals surface area contributed by atoms with Crippen LogP contribution in [-0.2, 0) is 19.7 Å². The highest BCUT2D eigenvalue weighted by atomic mass is 32.2. The van der Waals surface area contributed by atoms with Crippen molar-refractivity contribution in [3.8, 4) is 0 Å². The van der Waals surface area contributed by atoms with E-state index in [2.05, 4.69) is 4.84 Å². The van der Waals surface area contributed by atoms with Gasteiger partial charge in [-0.15, -0.1) is 0 Å². The lowest BCUT2D eigenvalue weighted by Gasteiger charge is -2.16. The third-order valence-corrected chi connectivity index (χ3v) is 4.13. The van der Waals surface area contributed by atoms with Gasteiger partial charge in [0.25, 0.3) is 11.8 Å². The van der Waals surface area contributed by atoms with Crippen LogP contribution in [0.3, 0.4) is 0 Å². The molecule has 0 bridgehead atoms. The summed E-state index contributed by atoms with van der Waals surface area (Å²) < 4.78 is 23.1. The monoisotopic (exact) mass is 312 g/mol. The van der Waals surface area contributed by atoms with E-state index in [4.69, 9.17) is 0 Å². The minimum Gasteiger partial charge on any atom is -0.328 e. The molecule has 0 atom stereocenters. The Hall–Kier alpha value is -2.26. The van der Waals surface area contributed by atoms with Gasteiger partial charge in [-0.25, -0.2) is 13.2 Å². The van der Waals surface area contributed by atoms with Gasteiger partial charge in [-0.05, 0) is 12.1 Å². The number of hydroxylamine groups is 2. The first-order valence-electron chi connectivity index (χ1n) is 5.81. The average molecular weight is 312 g/mol. The standard InChI is InChI=1S/C12H12N2O6S/c1-13(21(2,18)19)7-10(15)20-14-11(16)8-5-3-4-6-9(8)12(14)17/h3-6H,7H2,1-2H3. The maximum absolute atomic E-state index is 11.9. The molecule has 0 saturated heterocycles. The van der Waals surface area contributed by atoms with Gasteiger partial charge < -0.3 is 4.84 Å². The van der Waals surface area contributed by atoms with Gasteiger partial charge in [-0.3, -0.25) is 9.59 Å². The first kappa shape index (κ1) is 15.1. The second kappa shape index (κ2) is 5.26. The van der Waals surface area contributed by atoms with Gasteiger partial charge in [-0.2, -0.15) is 4.31 Å². The van der Waals surface area contributed by atoms with Crippen molar-refractivity contribution in [2.75, 3.05) is 19.8 Å². The summed E-state index contributed by atoms with van der Waals surface area (Å²) in [6.45, 7) is -0.605. The normalized spacial score (nSPS) is 14.5. The van der Waals surface area contributed by atoms with Gasteiger partial charge >= 0.3 is 5.97 Å². The number of fused-ring (bicyclic) bond motifs is 1. The molecule has 1 aromatic carbocycles. The molecule has 9 heteroatoms. The molecule has 0 aromatic heterocycles. The second-order valence-corrected chi connectivity index (χ2v) is 6.52. The summed E-state index contributed by atoms with van der Waals surface area (Å²) in [6, 6.07) is 6.03. The van der Waals surface area contributed by atoms with E-state index in [0.29, 0.717) is 5.06 Å².